The van der Waals surface area contributed by atoms with Crippen molar-refractivity contribution >= 4 is 11.7 Å². The molecule has 0 atom stereocenters. The van der Waals surface area contributed by atoms with Crippen LogP contribution in [0.1, 0.15) is 12.0 Å². The summed E-state index contributed by atoms with van der Waals surface area (Å²) >= 11 is 0. The molecule has 1 fully saturated rings. The maximum absolute atomic E-state index is 11.8. The Kier molecular flexibility index (Phi) is 3.49. The van der Waals surface area contributed by atoms with Gasteiger partial charge in [-0.15, -0.1) is 0 Å². The Bertz CT molecular complexity index is 398. The molecule has 0 aliphatic carbocycles. The highest BCUT2D eigenvalue weighted by Crippen LogP contribution is 2.32. The Morgan fingerprint density at radius 3 is 3.00 bits per heavy atom. The number of hydrogen-bond acceptors (Lipinski definition) is 3. The van der Waals surface area contributed by atoms with E-state index in [1.165, 1.54) is 0 Å². The third kappa shape index (κ3) is 2.19. The van der Waals surface area contributed by atoms with Crippen molar-refractivity contribution in [2.45, 2.75) is 13.0 Å². The highest BCUT2D eigenvalue weighted by atomic mass is 16.5. The summed E-state index contributed by atoms with van der Waals surface area (Å²) in [6, 6.07) is 5.55. The lowest BCUT2D eigenvalue weighted by Crippen LogP contribution is -2.47. The number of methoxy groups -OCH3 is 1. The van der Waals surface area contributed by atoms with Crippen LogP contribution in [0.15, 0.2) is 18.2 Å². The number of urea groups is 1. The van der Waals surface area contributed by atoms with E-state index in [9.17, 15) is 4.79 Å². The summed E-state index contributed by atoms with van der Waals surface area (Å²) in [5.41, 5.74) is 7.42. The summed E-state index contributed by atoms with van der Waals surface area (Å²) in [4.78, 5) is 13.5. The van der Waals surface area contributed by atoms with Gasteiger partial charge in [0.25, 0.3) is 0 Å². The predicted octanol–water partition coefficient (Wildman–Crippen LogP) is 1.07. The number of rotatable bonds is 3. The average Bonchev–Trinajstić information content (AvgIpc) is 2.38. The van der Waals surface area contributed by atoms with Gasteiger partial charge in [0.1, 0.15) is 5.75 Å². The second-order valence-electron chi connectivity index (χ2n) is 3.91. The molecule has 17 heavy (non-hydrogen) atoms. The normalized spacial score (nSPS) is 15.6. The summed E-state index contributed by atoms with van der Waals surface area (Å²) in [6.45, 7) is 1.80. The van der Waals surface area contributed by atoms with Crippen LogP contribution in [0.25, 0.3) is 0 Å². The van der Waals surface area contributed by atoms with Crippen molar-refractivity contribution < 1.29 is 9.53 Å². The van der Waals surface area contributed by atoms with Crippen molar-refractivity contribution in [1.82, 2.24) is 5.32 Å². The molecule has 5 nitrogen and oxygen atoms in total. The highest BCUT2D eigenvalue weighted by Gasteiger charge is 2.24. The quantitative estimate of drug-likeness (QED) is 0.823. The van der Waals surface area contributed by atoms with E-state index < -0.39 is 0 Å². The fourth-order valence-corrected chi connectivity index (χ4v) is 2.05. The lowest BCUT2D eigenvalue weighted by Gasteiger charge is -2.30. The summed E-state index contributed by atoms with van der Waals surface area (Å²) in [6.07, 6.45) is 0.924. The summed E-state index contributed by atoms with van der Waals surface area (Å²) in [5.74, 6) is 0.685. The molecule has 0 saturated carbocycles. The van der Waals surface area contributed by atoms with Crippen molar-refractivity contribution in [2.75, 3.05) is 25.1 Å². The van der Waals surface area contributed by atoms with Gasteiger partial charge in [-0.2, -0.15) is 0 Å². The zero-order chi connectivity index (χ0) is 12.3. The monoisotopic (exact) mass is 235 g/mol. The molecule has 1 aromatic carbocycles. The lowest BCUT2D eigenvalue weighted by atomic mass is 10.1. The topological polar surface area (TPSA) is 67.6 Å². The maximum atomic E-state index is 11.8. The van der Waals surface area contributed by atoms with Crippen LogP contribution >= 0.6 is 0 Å². The van der Waals surface area contributed by atoms with Gasteiger partial charge in [-0.3, -0.25) is 4.90 Å². The Balaban J connectivity index is 2.44. The second kappa shape index (κ2) is 5.05. The Morgan fingerprint density at radius 2 is 2.35 bits per heavy atom. The Labute approximate surface area is 101 Å². The predicted molar refractivity (Wildman–Crippen MR) is 66.2 cm³/mol. The number of carbonyl (C=O) groups is 1. The lowest BCUT2D eigenvalue weighted by molar-refractivity contribution is 0.242. The molecule has 1 heterocycles. The average molecular weight is 235 g/mol. The van der Waals surface area contributed by atoms with Gasteiger partial charge in [0.2, 0.25) is 0 Å². The first-order valence-corrected chi connectivity index (χ1v) is 5.69. The van der Waals surface area contributed by atoms with Crippen LogP contribution in [0.4, 0.5) is 10.5 Å². The molecule has 0 spiro atoms. The van der Waals surface area contributed by atoms with Gasteiger partial charge in [-0.05, 0) is 18.1 Å². The number of nitrogens with one attached hydrogen (secondary N) is 1. The molecule has 92 valence electrons. The SMILES string of the molecule is COc1cccc(CN)c1N1CCCNC1=O. The highest BCUT2D eigenvalue weighted by molar-refractivity contribution is 5.95. The fourth-order valence-electron chi connectivity index (χ4n) is 2.05. The number of carbonyl (C=O) groups excluding carboxylic acids is 1. The molecule has 2 amide bonds. The molecule has 1 aliphatic heterocycles. The largest absolute Gasteiger partial charge is 0.495 e. The van der Waals surface area contributed by atoms with Crippen LogP contribution in [0.3, 0.4) is 0 Å². The standard InChI is InChI=1S/C12H17N3O2/c1-17-10-5-2-4-9(8-13)11(10)15-7-3-6-14-12(15)16/h2,4-5H,3,6-8,13H2,1H3,(H,14,16). The first-order valence-electron chi connectivity index (χ1n) is 5.69. The minimum absolute atomic E-state index is 0.0875. The molecule has 0 unspecified atom stereocenters. The van der Waals surface area contributed by atoms with Crippen LogP contribution in [0.5, 0.6) is 5.75 Å². The molecule has 0 radical (unpaired) electrons. The molecule has 1 saturated heterocycles. The molecule has 1 aliphatic rings. The third-order valence-electron chi connectivity index (χ3n) is 2.87. The molecular weight excluding hydrogens is 218 g/mol. The Morgan fingerprint density at radius 1 is 1.53 bits per heavy atom. The zero-order valence-electron chi connectivity index (χ0n) is 9.90. The molecule has 0 aromatic heterocycles. The number of nitrogens with zero attached hydrogens (tertiary/aromatic N) is 1. The van der Waals surface area contributed by atoms with Gasteiger partial charge in [0.05, 0.1) is 12.8 Å². The molecular formula is C12H17N3O2. The van der Waals surface area contributed by atoms with Crippen molar-refractivity contribution in [3.8, 4) is 5.75 Å². The number of para-hydroxylation sites is 1. The van der Waals surface area contributed by atoms with Crippen molar-refractivity contribution in [3.63, 3.8) is 0 Å². The fraction of sp³-hybridized carbons (Fsp3) is 0.417. The van der Waals surface area contributed by atoms with E-state index in [-0.39, 0.29) is 6.03 Å². The van der Waals surface area contributed by atoms with Gasteiger partial charge < -0.3 is 15.8 Å². The second-order valence-corrected chi connectivity index (χ2v) is 3.91. The molecule has 5 heteroatoms. The number of hydrogen-bond donors (Lipinski definition) is 2. The van der Waals surface area contributed by atoms with Gasteiger partial charge in [0.15, 0.2) is 0 Å². The van der Waals surface area contributed by atoms with E-state index in [0.29, 0.717) is 18.8 Å². The summed E-state index contributed by atoms with van der Waals surface area (Å²) < 4.78 is 5.31. The number of amides is 2. The van der Waals surface area contributed by atoms with Crippen LogP contribution in [-0.4, -0.2) is 26.2 Å². The van der Waals surface area contributed by atoms with Gasteiger partial charge in [0, 0.05) is 19.6 Å². The van der Waals surface area contributed by atoms with Crippen LogP contribution in [-0.2, 0) is 6.54 Å². The van der Waals surface area contributed by atoms with E-state index in [4.69, 9.17) is 10.5 Å². The number of benzene rings is 1. The summed E-state index contributed by atoms with van der Waals surface area (Å²) in [7, 11) is 1.60. The summed E-state index contributed by atoms with van der Waals surface area (Å²) in [5, 5.41) is 2.82. The number of ether oxygens (including phenoxy) is 1. The Hall–Kier alpha value is -1.75. The van der Waals surface area contributed by atoms with Crippen LogP contribution in [0.2, 0.25) is 0 Å². The third-order valence-corrected chi connectivity index (χ3v) is 2.87. The van der Waals surface area contributed by atoms with Gasteiger partial charge in [-0.25, -0.2) is 4.79 Å². The number of anilines is 1. The first kappa shape index (κ1) is 11.7. The molecule has 3 N–H and O–H groups in total. The molecule has 1 aromatic rings. The van der Waals surface area contributed by atoms with Crippen molar-refractivity contribution in [3.05, 3.63) is 23.8 Å². The van der Waals surface area contributed by atoms with Gasteiger partial charge >= 0.3 is 6.03 Å². The maximum Gasteiger partial charge on any atom is 0.322 e. The van der Waals surface area contributed by atoms with Crippen LogP contribution < -0.4 is 20.7 Å². The minimum Gasteiger partial charge on any atom is -0.495 e. The van der Waals surface area contributed by atoms with Crippen molar-refractivity contribution in [1.29, 1.82) is 0 Å². The van der Waals surface area contributed by atoms with E-state index in [2.05, 4.69) is 5.32 Å². The zero-order valence-corrected chi connectivity index (χ0v) is 9.90. The minimum atomic E-state index is -0.0875. The smallest absolute Gasteiger partial charge is 0.322 e. The van der Waals surface area contributed by atoms with E-state index in [1.54, 1.807) is 12.0 Å². The van der Waals surface area contributed by atoms with Crippen LogP contribution in [0, 0.1) is 0 Å². The first-order chi connectivity index (χ1) is 8.27. The number of nitrogens with two attached hydrogens (primary N) is 1. The van der Waals surface area contributed by atoms with Crippen molar-refractivity contribution in [2.24, 2.45) is 5.73 Å². The molecule has 0 bridgehead atoms. The van der Waals surface area contributed by atoms with E-state index in [0.717, 1.165) is 24.2 Å². The van der Waals surface area contributed by atoms with E-state index >= 15 is 0 Å². The molecule has 2 rings (SSSR count). The van der Waals surface area contributed by atoms with Gasteiger partial charge in [-0.1, -0.05) is 12.1 Å². The van der Waals surface area contributed by atoms with E-state index in [1.807, 2.05) is 18.2 Å².